The molecule has 1 atom stereocenters. The molecular formula is C17H17ClO2S. The van der Waals surface area contributed by atoms with Crippen LogP contribution in [-0.2, 0) is 4.79 Å². The van der Waals surface area contributed by atoms with Gasteiger partial charge in [-0.3, -0.25) is 4.79 Å². The first kappa shape index (κ1) is 15.9. The number of rotatable bonds is 5. The standard InChI is InChI=1S/C17H17ClO2S/c1-11(2)21-16(17(19)20)14-9-8-13(10-15(14)18)12-6-4-3-5-7-12/h3-11,16H,1-2H3,(H,19,20). The lowest BCUT2D eigenvalue weighted by Crippen LogP contribution is -2.11. The molecule has 1 unspecified atom stereocenters. The van der Waals surface area contributed by atoms with Crippen molar-refractivity contribution in [2.45, 2.75) is 24.3 Å². The average molecular weight is 321 g/mol. The van der Waals surface area contributed by atoms with Crippen LogP contribution >= 0.6 is 23.4 Å². The van der Waals surface area contributed by atoms with Gasteiger partial charge in [0.2, 0.25) is 0 Å². The van der Waals surface area contributed by atoms with Gasteiger partial charge in [0.15, 0.2) is 0 Å². The largest absolute Gasteiger partial charge is 0.480 e. The van der Waals surface area contributed by atoms with Crippen LogP contribution in [0.4, 0.5) is 0 Å². The second-order valence-electron chi connectivity index (χ2n) is 5.01. The number of carboxylic acid groups (broad SMARTS) is 1. The molecule has 0 saturated carbocycles. The number of aliphatic carboxylic acids is 1. The Morgan fingerprint density at radius 1 is 1.10 bits per heavy atom. The molecule has 0 aliphatic carbocycles. The summed E-state index contributed by atoms with van der Waals surface area (Å²) in [4.78, 5) is 11.5. The monoisotopic (exact) mass is 320 g/mol. The normalized spacial score (nSPS) is 12.4. The summed E-state index contributed by atoms with van der Waals surface area (Å²) in [5, 5.41) is 9.49. The summed E-state index contributed by atoms with van der Waals surface area (Å²) in [7, 11) is 0. The van der Waals surface area contributed by atoms with Gasteiger partial charge in [-0.05, 0) is 22.8 Å². The van der Waals surface area contributed by atoms with Gasteiger partial charge in [0.05, 0.1) is 0 Å². The van der Waals surface area contributed by atoms with Crippen molar-refractivity contribution in [1.82, 2.24) is 0 Å². The fourth-order valence-corrected chi connectivity index (χ4v) is 3.45. The Morgan fingerprint density at radius 3 is 2.29 bits per heavy atom. The van der Waals surface area contributed by atoms with E-state index in [2.05, 4.69) is 0 Å². The highest BCUT2D eigenvalue weighted by Gasteiger charge is 2.24. The van der Waals surface area contributed by atoms with Crippen LogP contribution in [0.1, 0.15) is 24.7 Å². The molecule has 0 amide bonds. The van der Waals surface area contributed by atoms with E-state index in [1.165, 1.54) is 11.8 Å². The van der Waals surface area contributed by atoms with Crippen molar-refractivity contribution < 1.29 is 9.90 Å². The first-order valence-corrected chi connectivity index (χ1v) is 8.04. The summed E-state index contributed by atoms with van der Waals surface area (Å²) >= 11 is 7.72. The smallest absolute Gasteiger partial charge is 0.321 e. The van der Waals surface area contributed by atoms with Gasteiger partial charge in [0.1, 0.15) is 5.25 Å². The fraction of sp³-hybridized carbons (Fsp3) is 0.235. The minimum atomic E-state index is -0.858. The van der Waals surface area contributed by atoms with E-state index in [0.717, 1.165) is 11.1 Å². The Morgan fingerprint density at radius 2 is 1.76 bits per heavy atom. The van der Waals surface area contributed by atoms with Crippen LogP contribution in [0.2, 0.25) is 5.02 Å². The summed E-state index contributed by atoms with van der Waals surface area (Å²) < 4.78 is 0. The van der Waals surface area contributed by atoms with E-state index in [0.29, 0.717) is 10.6 Å². The lowest BCUT2D eigenvalue weighted by molar-refractivity contribution is -0.136. The van der Waals surface area contributed by atoms with E-state index in [9.17, 15) is 9.90 Å². The van der Waals surface area contributed by atoms with Crippen LogP contribution < -0.4 is 0 Å². The minimum Gasteiger partial charge on any atom is -0.480 e. The van der Waals surface area contributed by atoms with E-state index >= 15 is 0 Å². The van der Waals surface area contributed by atoms with E-state index < -0.39 is 11.2 Å². The third kappa shape index (κ3) is 4.02. The predicted octanol–water partition coefficient (Wildman–Crippen LogP) is 5.27. The molecule has 0 fully saturated rings. The zero-order valence-electron chi connectivity index (χ0n) is 11.9. The summed E-state index contributed by atoms with van der Waals surface area (Å²) in [6.45, 7) is 3.96. The maximum absolute atomic E-state index is 11.5. The fourth-order valence-electron chi connectivity index (χ4n) is 2.09. The van der Waals surface area contributed by atoms with Crippen molar-refractivity contribution in [3.8, 4) is 11.1 Å². The number of hydrogen-bond donors (Lipinski definition) is 1. The van der Waals surface area contributed by atoms with E-state index in [-0.39, 0.29) is 5.25 Å². The SMILES string of the molecule is CC(C)SC(C(=O)O)c1ccc(-c2ccccc2)cc1Cl. The number of thioether (sulfide) groups is 1. The number of hydrogen-bond acceptors (Lipinski definition) is 2. The molecule has 2 nitrogen and oxygen atoms in total. The molecule has 0 heterocycles. The molecule has 0 aromatic heterocycles. The molecule has 110 valence electrons. The first-order chi connectivity index (χ1) is 9.99. The van der Waals surface area contributed by atoms with Gasteiger partial charge >= 0.3 is 5.97 Å². The van der Waals surface area contributed by atoms with Crippen molar-refractivity contribution in [2.75, 3.05) is 0 Å². The van der Waals surface area contributed by atoms with Crippen LogP contribution in [0.25, 0.3) is 11.1 Å². The Kier molecular flexibility index (Phi) is 5.32. The molecule has 2 rings (SSSR count). The highest BCUT2D eigenvalue weighted by molar-refractivity contribution is 8.00. The number of benzene rings is 2. The molecule has 0 aliphatic heterocycles. The molecule has 0 saturated heterocycles. The van der Waals surface area contributed by atoms with Gasteiger partial charge in [-0.15, -0.1) is 11.8 Å². The third-order valence-electron chi connectivity index (χ3n) is 3.02. The lowest BCUT2D eigenvalue weighted by Gasteiger charge is -2.17. The van der Waals surface area contributed by atoms with Crippen molar-refractivity contribution >= 4 is 29.3 Å². The highest BCUT2D eigenvalue weighted by Crippen LogP contribution is 2.38. The van der Waals surface area contributed by atoms with Gasteiger partial charge in [-0.2, -0.15) is 0 Å². The second kappa shape index (κ2) is 7.01. The maximum atomic E-state index is 11.5. The van der Waals surface area contributed by atoms with Crippen LogP contribution in [-0.4, -0.2) is 16.3 Å². The van der Waals surface area contributed by atoms with E-state index in [1.54, 1.807) is 0 Å². The summed E-state index contributed by atoms with van der Waals surface area (Å²) in [6, 6.07) is 15.5. The third-order valence-corrected chi connectivity index (χ3v) is 4.62. The minimum absolute atomic E-state index is 0.218. The van der Waals surface area contributed by atoms with Crippen molar-refractivity contribution in [2.24, 2.45) is 0 Å². The van der Waals surface area contributed by atoms with Gasteiger partial charge in [-0.1, -0.05) is 67.9 Å². The Hall–Kier alpha value is -1.45. The molecule has 21 heavy (non-hydrogen) atoms. The molecule has 4 heteroatoms. The zero-order chi connectivity index (χ0) is 15.4. The van der Waals surface area contributed by atoms with Gasteiger partial charge in [0.25, 0.3) is 0 Å². The lowest BCUT2D eigenvalue weighted by atomic mass is 10.0. The Labute approximate surface area is 134 Å². The molecule has 1 N–H and O–H groups in total. The Balaban J connectivity index is 2.36. The summed E-state index contributed by atoms with van der Waals surface area (Å²) in [5.74, 6) is -0.858. The van der Waals surface area contributed by atoms with E-state index in [1.807, 2.05) is 62.4 Å². The molecule has 2 aromatic carbocycles. The number of halogens is 1. The molecule has 2 aromatic rings. The molecule has 0 radical (unpaired) electrons. The van der Waals surface area contributed by atoms with Crippen molar-refractivity contribution in [3.05, 3.63) is 59.1 Å². The first-order valence-electron chi connectivity index (χ1n) is 6.72. The quantitative estimate of drug-likeness (QED) is 0.815. The van der Waals surface area contributed by atoms with E-state index in [4.69, 9.17) is 11.6 Å². The van der Waals surface area contributed by atoms with Crippen LogP contribution in [0, 0.1) is 0 Å². The second-order valence-corrected chi connectivity index (χ2v) is 7.10. The number of carboxylic acids is 1. The molecule has 0 spiro atoms. The summed E-state index contributed by atoms with van der Waals surface area (Å²) in [5.41, 5.74) is 2.71. The Bertz CT molecular complexity index is 626. The van der Waals surface area contributed by atoms with Gasteiger partial charge < -0.3 is 5.11 Å². The van der Waals surface area contributed by atoms with Crippen LogP contribution in [0.15, 0.2) is 48.5 Å². The molecule has 0 bridgehead atoms. The number of carbonyl (C=O) groups is 1. The maximum Gasteiger partial charge on any atom is 0.321 e. The van der Waals surface area contributed by atoms with Crippen LogP contribution in [0.5, 0.6) is 0 Å². The zero-order valence-corrected chi connectivity index (χ0v) is 13.5. The summed E-state index contributed by atoms with van der Waals surface area (Å²) in [6.07, 6.45) is 0. The van der Waals surface area contributed by atoms with Crippen molar-refractivity contribution in [1.29, 1.82) is 0 Å². The van der Waals surface area contributed by atoms with Gasteiger partial charge in [0, 0.05) is 10.3 Å². The predicted molar refractivity (Wildman–Crippen MR) is 90.0 cm³/mol. The van der Waals surface area contributed by atoms with Crippen LogP contribution in [0.3, 0.4) is 0 Å². The topological polar surface area (TPSA) is 37.3 Å². The highest BCUT2D eigenvalue weighted by atomic mass is 35.5. The molecule has 0 aliphatic rings. The van der Waals surface area contributed by atoms with Crippen molar-refractivity contribution in [3.63, 3.8) is 0 Å². The molecular weight excluding hydrogens is 304 g/mol. The van der Waals surface area contributed by atoms with Gasteiger partial charge in [-0.25, -0.2) is 0 Å². The average Bonchev–Trinajstić information content (AvgIpc) is 2.45.